The van der Waals surface area contributed by atoms with Gasteiger partial charge in [0.15, 0.2) is 0 Å². The number of carbonyl (C=O) groups excluding carboxylic acids is 4. The third-order valence-corrected chi connectivity index (χ3v) is 5.93. The SMILES string of the molecule is Cc1ccc([C@H]2CC[C@@]3(CC2)C(=O)N(C(=O)OC(C)(C)C)C(=O)N3C(=O)OC(C)(C)C)cc1. The lowest BCUT2D eigenvalue weighted by Crippen LogP contribution is -2.55. The molecule has 0 atom stereocenters. The number of hydrogen-bond donors (Lipinski definition) is 0. The Bertz CT molecular complexity index is 947. The number of hydrogen-bond acceptors (Lipinski definition) is 6. The van der Waals surface area contributed by atoms with Crippen LogP contribution in [0.25, 0.3) is 0 Å². The van der Waals surface area contributed by atoms with E-state index >= 15 is 0 Å². The van der Waals surface area contributed by atoms with E-state index in [9.17, 15) is 19.2 Å². The summed E-state index contributed by atoms with van der Waals surface area (Å²) in [6.07, 6.45) is -0.347. The maximum Gasteiger partial charge on any atom is 0.425 e. The van der Waals surface area contributed by atoms with Crippen LogP contribution >= 0.6 is 0 Å². The topological polar surface area (TPSA) is 93.2 Å². The quantitative estimate of drug-likeness (QED) is 0.514. The zero-order valence-corrected chi connectivity index (χ0v) is 20.6. The van der Waals surface area contributed by atoms with E-state index in [1.165, 1.54) is 0 Å². The molecule has 1 aromatic carbocycles. The average molecular weight is 459 g/mol. The molecular formula is C25H34N2O6. The lowest BCUT2D eigenvalue weighted by atomic mass is 9.73. The Kier molecular flexibility index (Phi) is 6.35. The standard InChI is InChI=1S/C25H34N2O6/c1-16-8-10-17(11-9-16)18-12-14-25(15-13-18)19(28)26(21(30)32-23(2,3)4)20(29)27(25)22(31)33-24(5,6)7/h8-11,18H,12-15H2,1-7H3/t18-,25+. The molecule has 1 saturated heterocycles. The van der Waals surface area contributed by atoms with Crippen molar-refractivity contribution in [3.8, 4) is 0 Å². The Morgan fingerprint density at radius 1 is 0.879 bits per heavy atom. The molecule has 1 aromatic rings. The molecule has 8 heteroatoms. The van der Waals surface area contributed by atoms with Gasteiger partial charge in [-0.3, -0.25) is 4.79 Å². The van der Waals surface area contributed by atoms with Crippen molar-refractivity contribution < 1.29 is 28.7 Å². The molecular weight excluding hydrogens is 424 g/mol. The summed E-state index contributed by atoms with van der Waals surface area (Å²) in [5.74, 6) is -0.537. The molecule has 1 saturated carbocycles. The first-order valence-corrected chi connectivity index (χ1v) is 11.4. The van der Waals surface area contributed by atoms with Crippen LogP contribution in [0, 0.1) is 6.92 Å². The summed E-state index contributed by atoms with van der Waals surface area (Å²) in [7, 11) is 0. The largest absolute Gasteiger partial charge is 0.443 e. The van der Waals surface area contributed by atoms with Gasteiger partial charge in [-0.2, -0.15) is 4.90 Å². The number of aryl methyl sites for hydroxylation is 1. The van der Waals surface area contributed by atoms with Crippen LogP contribution in [-0.2, 0) is 14.3 Å². The fourth-order valence-electron chi connectivity index (χ4n) is 4.41. The summed E-state index contributed by atoms with van der Waals surface area (Å²) in [5.41, 5.74) is -0.933. The Hall–Kier alpha value is -2.90. The van der Waals surface area contributed by atoms with Crippen LogP contribution in [0.4, 0.5) is 14.4 Å². The molecule has 0 bridgehead atoms. The summed E-state index contributed by atoms with van der Waals surface area (Å²) in [5, 5.41) is 0. The smallest absolute Gasteiger partial charge is 0.425 e. The van der Waals surface area contributed by atoms with Crippen molar-refractivity contribution in [3.05, 3.63) is 35.4 Å². The molecule has 33 heavy (non-hydrogen) atoms. The molecule has 3 rings (SSSR count). The highest BCUT2D eigenvalue weighted by Crippen LogP contribution is 2.46. The number of urea groups is 1. The highest BCUT2D eigenvalue weighted by atomic mass is 16.6. The molecule has 1 aliphatic carbocycles. The van der Waals surface area contributed by atoms with Crippen molar-refractivity contribution in [1.82, 2.24) is 9.80 Å². The van der Waals surface area contributed by atoms with Crippen LogP contribution in [0.5, 0.6) is 0 Å². The molecule has 0 N–H and O–H groups in total. The van der Waals surface area contributed by atoms with Crippen molar-refractivity contribution in [1.29, 1.82) is 0 Å². The minimum atomic E-state index is -1.46. The van der Waals surface area contributed by atoms with Crippen molar-refractivity contribution in [3.63, 3.8) is 0 Å². The molecule has 180 valence electrons. The van der Waals surface area contributed by atoms with Crippen molar-refractivity contribution in [2.75, 3.05) is 0 Å². The Morgan fingerprint density at radius 3 is 1.85 bits per heavy atom. The predicted molar refractivity (Wildman–Crippen MR) is 122 cm³/mol. The van der Waals surface area contributed by atoms with E-state index in [1.54, 1.807) is 41.5 Å². The molecule has 2 fully saturated rings. The van der Waals surface area contributed by atoms with E-state index in [0.717, 1.165) is 16.0 Å². The minimum absolute atomic E-state index is 0.190. The van der Waals surface area contributed by atoms with Crippen LogP contribution in [0.2, 0.25) is 0 Å². The first-order chi connectivity index (χ1) is 15.1. The monoisotopic (exact) mass is 458 g/mol. The van der Waals surface area contributed by atoms with Gasteiger partial charge in [0.1, 0.15) is 16.7 Å². The molecule has 1 aliphatic heterocycles. The molecule has 1 spiro atoms. The van der Waals surface area contributed by atoms with E-state index in [2.05, 4.69) is 12.1 Å². The minimum Gasteiger partial charge on any atom is -0.443 e. The third kappa shape index (κ3) is 5.04. The molecule has 0 aromatic heterocycles. The van der Waals surface area contributed by atoms with Gasteiger partial charge in [-0.1, -0.05) is 29.8 Å². The molecule has 1 heterocycles. The van der Waals surface area contributed by atoms with Gasteiger partial charge in [0.05, 0.1) is 0 Å². The molecule has 2 aliphatic rings. The highest BCUT2D eigenvalue weighted by molar-refractivity contribution is 6.20. The Balaban J connectivity index is 1.93. The van der Waals surface area contributed by atoms with E-state index < -0.39 is 40.9 Å². The van der Waals surface area contributed by atoms with Crippen LogP contribution < -0.4 is 0 Å². The van der Waals surface area contributed by atoms with Gasteiger partial charge in [-0.05, 0) is 85.6 Å². The second-order valence-electron chi connectivity index (χ2n) is 10.9. The van der Waals surface area contributed by atoms with E-state index in [-0.39, 0.29) is 18.8 Å². The van der Waals surface area contributed by atoms with E-state index in [0.29, 0.717) is 17.7 Å². The van der Waals surface area contributed by atoms with Crippen LogP contribution in [-0.4, -0.2) is 50.7 Å². The van der Waals surface area contributed by atoms with Crippen LogP contribution in [0.15, 0.2) is 24.3 Å². The van der Waals surface area contributed by atoms with Crippen molar-refractivity contribution >= 4 is 24.1 Å². The van der Waals surface area contributed by atoms with Gasteiger partial charge in [0.2, 0.25) is 0 Å². The highest BCUT2D eigenvalue weighted by Gasteiger charge is 2.64. The summed E-state index contributed by atoms with van der Waals surface area (Å²) in [6, 6.07) is 7.20. The average Bonchev–Trinajstić information content (AvgIpc) is 2.87. The number of nitrogens with zero attached hydrogens (tertiary/aromatic N) is 2. The normalized spacial score (nSPS) is 23.8. The number of imide groups is 4. The van der Waals surface area contributed by atoms with E-state index in [1.807, 2.05) is 19.1 Å². The second-order valence-corrected chi connectivity index (χ2v) is 10.9. The molecule has 5 amide bonds. The van der Waals surface area contributed by atoms with Gasteiger partial charge >= 0.3 is 18.2 Å². The van der Waals surface area contributed by atoms with Crippen molar-refractivity contribution in [2.24, 2.45) is 0 Å². The third-order valence-electron chi connectivity index (χ3n) is 5.93. The number of amides is 5. The van der Waals surface area contributed by atoms with Gasteiger partial charge < -0.3 is 9.47 Å². The number of benzene rings is 1. The molecule has 0 radical (unpaired) electrons. The lowest BCUT2D eigenvalue weighted by Gasteiger charge is -2.40. The Morgan fingerprint density at radius 2 is 1.36 bits per heavy atom. The summed E-state index contributed by atoms with van der Waals surface area (Å²) < 4.78 is 10.8. The van der Waals surface area contributed by atoms with E-state index in [4.69, 9.17) is 9.47 Å². The zero-order valence-electron chi connectivity index (χ0n) is 20.6. The molecule has 0 unspecified atom stereocenters. The fraction of sp³-hybridized carbons (Fsp3) is 0.600. The maximum atomic E-state index is 13.5. The molecule has 8 nitrogen and oxygen atoms in total. The van der Waals surface area contributed by atoms with Gasteiger partial charge in [-0.25, -0.2) is 19.3 Å². The van der Waals surface area contributed by atoms with Crippen molar-refractivity contribution in [2.45, 2.75) is 96.8 Å². The maximum absolute atomic E-state index is 13.5. The predicted octanol–water partition coefficient (Wildman–Crippen LogP) is 5.53. The van der Waals surface area contributed by atoms with Gasteiger partial charge in [-0.15, -0.1) is 0 Å². The second kappa shape index (κ2) is 8.47. The number of ether oxygens (including phenoxy) is 2. The summed E-state index contributed by atoms with van der Waals surface area (Å²) >= 11 is 0. The lowest BCUT2D eigenvalue weighted by molar-refractivity contribution is -0.134. The first-order valence-electron chi connectivity index (χ1n) is 11.4. The van der Waals surface area contributed by atoms with Gasteiger partial charge in [0, 0.05) is 0 Å². The Labute approximate surface area is 195 Å². The zero-order chi connectivity index (χ0) is 24.8. The van der Waals surface area contributed by atoms with Crippen LogP contribution in [0.1, 0.15) is 84.3 Å². The summed E-state index contributed by atoms with van der Waals surface area (Å²) in [4.78, 5) is 54.0. The first kappa shape index (κ1) is 24.7. The summed E-state index contributed by atoms with van der Waals surface area (Å²) in [6.45, 7) is 12.0. The fourth-order valence-corrected chi connectivity index (χ4v) is 4.41. The number of rotatable bonds is 1. The number of carbonyl (C=O) groups is 4. The van der Waals surface area contributed by atoms with Gasteiger partial charge in [0.25, 0.3) is 5.91 Å². The van der Waals surface area contributed by atoms with Crippen LogP contribution in [0.3, 0.4) is 0 Å².